The molecular formula is C30H36FN7O3. The molecule has 4 aromatic rings. The van der Waals surface area contributed by atoms with Gasteiger partial charge in [-0.25, -0.2) is 14.4 Å². The number of ether oxygens (including phenoxy) is 1. The Bertz CT molecular complexity index is 1630. The van der Waals surface area contributed by atoms with Crippen LogP contribution in [-0.2, 0) is 18.4 Å². The number of hydrogen-bond acceptors (Lipinski definition) is 7. The van der Waals surface area contributed by atoms with Gasteiger partial charge in [0.1, 0.15) is 5.75 Å². The second-order valence-electron chi connectivity index (χ2n) is 10.8. The first-order valence-electron chi connectivity index (χ1n) is 13.8. The molecule has 41 heavy (non-hydrogen) atoms. The summed E-state index contributed by atoms with van der Waals surface area (Å²) in [5.74, 6) is 0.990. The second-order valence-corrected chi connectivity index (χ2v) is 10.8. The molecule has 216 valence electrons. The fraction of sp³-hybridized carbons (Fsp3) is 0.400. The van der Waals surface area contributed by atoms with Gasteiger partial charge in [-0.3, -0.25) is 19.0 Å². The van der Waals surface area contributed by atoms with Gasteiger partial charge < -0.3 is 20.3 Å². The smallest absolute Gasteiger partial charge is 0.274 e. The van der Waals surface area contributed by atoms with Crippen molar-refractivity contribution in [2.45, 2.75) is 52.7 Å². The Hall–Kier alpha value is -4.25. The Morgan fingerprint density at radius 2 is 1.85 bits per heavy atom. The second kappa shape index (κ2) is 11.3. The van der Waals surface area contributed by atoms with Crippen LogP contribution in [0.5, 0.6) is 5.75 Å². The Morgan fingerprint density at radius 3 is 2.51 bits per heavy atom. The first-order chi connectivity index (χ1) is 19.5. The molecule has 1 fully saturated rings. The molecule has 1 saturated heterocycles. The first-order valence-corrected chi connectivity index (χ1v) is 13.8. The van der Waals surface area contributed by atoms with Crippen molar-refractivity contribution >= 4 is 22.8 Å². The molecule has 2 N–H and O–H groups in total. The Labute approximate surface area is 238 Å². The van der Waals surface area contributed by atoms with E-state index in [1.54, 1.807) is 37.1 Å². The summed E-state index contributed by atoms with van der Waals surface area (Å²) in [7, 11) is 1.72. The Balaban J connectivity index is 1.42. The van der Waals surface area contributed by atoms with Crippen molar-refractivity contribution in [1.29, 1.82) is 0 Å². The average Bonchev–Trinajstić information content (AvgIpc) is 3.18. The first kappa shape index (κ1) is 28.3. The summed E-state index contributed by atoms with van der Waals surface area (Å²) in [5, 5.41) is 0.580. The van der Waals surface area contributed by atoms with Gasteiger partial charge in [-0.2, -0.15) is 0 Å². The zero-order valence-electron chi connectivity index (χ0n) is 24.0. The Kier molecular flexibility index (Phi) is 7.81. The summed E-state index contributed by atoms with van der Waals surface area (Å²) >= 11 is 0. The summed E-state index contributed by atoms with van der Waals surface area (Å²) in [6, 6.07) is 10.7. The summed E-state index contributed by atoms with van der Waals surface area (Å²) in [6.07, 6.45) is 2.09. The van der Waals surface area contributed by atoms with Crippen molar-refractivity contribution in [3.8, 4) is 16.9 Å². The molecule has 0 saturated carbocycles. The van der Waals surface area contributed by atoms with Crippen LogP contribution in [0.4, 0.5) is 10.3 Å². The molecule has 3 atom stereocenters. The summed E-state index contributed by atoms with van der Waals surface area (Å²) in [4.78, 5) is 38.6. The molecule has 1 amide bonds. The fourth-order valence-electron chi connectivity index (χ4n) is 5.39. The van der Waals surface area contributed by atoms with Crippen LogP contribution in [0.25, 0.3) is 22.0 Å². The predicted octanol–water partition coefficient (Wildman–Crippen LogP) is 3.23. The van der Waals surface area contributed by atoms with E-state index >= 15 is 0 Å². The van der Waals surface area contributed by atoms with E-state index in [1.807, 2.05) is 53.8 Å². The average molecular weight is 562 g/mol. The van der Waals surface area contributed by atoms with E-state index < -0.39 is 12.4 Å². The highest BCUT2D eigenvalue weighted by Crippen LogP contribution is 2.27. The highest BCUT2D eigenvalue weighted by atomic mass is 19.1. The van der Waals surface area contributed by atoms with Crippen LogP contribution in [0.2, 0.25) is 0 Å². The molecule has 2 aromatic heterocycles. The number of anilines is 1. The van der Waals surface area contributed by atoms with Crippen LogP contribution < -0.4 is 20.9 Å². The lowest BCUT2D eigenvalue weighted by Gasteiger charge is -2.40. The van der Waals surface area contributed by atoms with E-state index in [0.717, 1.165) is 27.8 Å². The van der Waals surface area contributed by atoms with Crippen molar-refractivity contribution in [2.75, 3.05) is 24.5 Å². The standard InChI is InChI=1S/C30H36FN7O3/c1-18-6-9-27(41-21(4)31)23(12-18)17-38-26-13-22(7-8-25(26)29(40)35(38)5)24-14-33-30(34-15-24)36-10-11-37(19(2)16-36)28(39)20(3)32/h6-9,12-15,19-21H,10-11,16-17,32H2,1-5H3/t19-,20+,21?/m1/s1. The predicted molar refractivity (Wildman–Crippen MR) is 157 cm³/mol. The minimum Gasteiger partial charge on any atom is -0.460 e. The third-order valence-electron chi connectivity index (χ3n) is 7.54. The molecule has 1 aliphatic rings. The van der Waals surface area contributed by atoms with Crippen LogP contribution in [0.3, 0.4) is 0 Å². The summed E-state index contributed by atoms with van der Waals surface area (Å²) in [5.41, 5.74) is 9.87. The number of alkyl halides is 1. The van der Waals surface area contributed by atoms with E-state index in [1.165, 1.54) is 6.92 Å². The number of aryl methyl sites for hydroxylation is 1. The highest BCUT2D eigenvalue weighted by Gasteiger charge is 2.30. The third-order valence-corrected chi connectivity index (χ3v) is 7.54. The highest BCUT2D eigenvalue weighted by molar-refractivity contribution is 5.84. The molecule has 5 rings (SSSR count). The lowest BCUT2D eigenvalue weighted by molar-refractivity contribution is -0.134. The van der Waals surface area contributed by atoms with Gasteiger partial charge in [-0.15, -0.1) is 0 Å². The molecule has 10 nitrogen and oxygen atoms in total. The molecule has 3 heterocycles. The maximum atomic E-state index is 13.7. The van der Waals surface area contributed by atoms with Gasteiger partial charge in [-0.05, 0) is 44.5 Å². The monoisotopic (exact) mass is 561 g/mol. The van der Waals surface area contributed by atoms with Crippen molar-refractivity contribution < 1.29 is 13.9 Å². The van der Waals surface area contributed by atoms with Crippen molar-refractivity contribution in [1.82, 2.24) is 24.2 Å². The van der Waals surface area contributed by atoms with Crippen LogP contribution in [0, 0.1) is 6.92 Å². The van der Waals surface area contributed by atoms with Gasteiger partial charge >= 0.3 is 0 Å². The van der Waals surface area contributed by atoms with Crippen LogP contribution in [0.1, 0.15) is 31.9 Å². The number of benzene rings is 2. The van der Waals surface area contributed by atoms with Crippen molar-refractivity contribution in [3.05, 3.63) is 70.3 Å². The van der Waals surface area contributed by atoms with Gasteiger partial charge in [0.25, 0.3) is 5.56 Å². The number of halogens is 1. The van der Waals surface area contributed by atoms with Gasteiger partial charge in [0.05, 0.1) is 23.5 Å². The maximum absolute atomic E-state index is 13.7. The quantitative estimate of drug-likeness (QED) is 0.369. The molecular weight excluding hydrogens is 525 g/mol. The normalized spacial score (nSPS) is 17.1. The van der Waals surface area contributed by atoms with E-state index in [4.69, 9.17) is 10.5 Å². The molecule has 0 bridgehead atoms. The SMILES string of the molecule is Cc1ccc(OC(C)F)c(Cn2c3cc(-c4cnc(N5CCN(C(=O)[C@H](C)N)[C@H](C)C5)nc4)ccc3c(=O)n2C)c1. The zero-order chi connectivity index (χ0) is 29.4. The number of nitrogens with two attached hydrogens (primary N) is 1. The van der Waals surface area contributed by atoms with Gasteiger partial charge in [0.15, 0.2) is 0 Å². The zero-order valence-corrected chi connectivity index (χ0v) is 24.0. The van der Waals surface area contributed by atoms with E-state index in [2.05, 4.69) is 14.9 Å². The largest absolute Gasteiger partial charge is 0.460 e. The van der Waals surface area contributed by atoms with Crippen LogP contribution in [0.15, 0.2) is 53.6 Å². The number of aromatic nitrogens is 4. The van der Waals surface area contributed by atoms with Crippen LogP contribution >= 0.6 is 0 Å². The number of hydrogen-bond donors (Lipinski definition) is 1. The number of carbonyl (C=O) groups excluding carboxylic acids is 1. The minimum absolute atomic E-state index is 0.00446. The minimum atomic E-state index is -1.46. The molecule has 0 radical (unpaired) electrons. The van der Waals surface area contributed by atoms with Gasteiger partial charge in [-0.1, -0.05) is 23.8 Å². The molecule has 1 aliphatic heterocycles. The Morgan fingerprint density at radius 1 is 1.12 bits per heavy atom. The number of amides is 1. The third kappa shape index (κ3) is 5.67. The van der Waals surface area contributed by atoms with E-state index in [9.17, 15) is 14.0 Å². The molecule has 0 spiro atoms. The number of rotatable bonds is 7. The van der Waals surface area contributed by atoms with Gasteiger partial charge in [0.2, 0.25) is 18.2 Å². The topological polar surface area (TPSA) is 112 Å². The summed E-state index contributed by atoms with van der Waals surface area (Å²) in [6.45, 7) is 9.13. The number of carbonyl (C=O) groups is 1. The van der Waals surface area contributed by atoms with E-state index in [0.29, 0.717) is 43.3 Å². The van der Waals surface area contributed by atoms with Crippen LogP contribution in [-0.4, -0.2) is 68.2 Å². The molecule has 11 heteroatoms. The van der Waals surface area contributed by atoms with Gasteiger partial charge in [0, 0.05) is 63.2 Å². The lowest BCUT2D eigenvalue weighted by Crippen LogP contribution is -2.57. The number of nitrogens with zero attached hydrogens (tertiary/aromatic N) is 6. The number of fused-ring (bicyclic) bond motifs is 1. The fourth-order valence-corrected chi connectivity index (χ4v) is 5.39. The summed E-state index contributed by atoms with van der Waals surface area (Å²) < 4.78 is 22.5. The number of piperazine rings is 1. The van der Waals surface area contributed by atoms with E-state index in [-0.39, 0.29) is 17.5 Å². The molecule has 0 aliphatic carbocycles. The molecule has 1 unspecified atom stereocenters. The lowest BCUT2D eigenvalue weighted by atomic mass is 10.1. The molecule has 2 aromatic carbocycles. The maximum Gasteiger partial charge on any atom is 0.274 e. The van der Waals surface area contributed by atoms with Crippen molar-refractivity contribution in [2.24, 2.45) is 12.8 Å². The van der Waals surface area contributed by atoms with Crippen molar-refractivity contribution in [3.63, 3.8) is 0 Å².